The van der Waals surface area contributed by atoms with Crippen molar-refractivity contribution in [3.63, 3.8) is 0 Å². The van der Waals surface area contributed by atoms with Crippen LogP contribution in [0.3, 0.4) is 0 Å². The summed E-state index contributed by atoms with van der Waals surface area (Å²) in [7, 11) is 0. The summed E-state index contributed by atoms with van der Waals surface area (Å²) in [6.07, 6.45) is 2.10. The second kappa shape index (κ2) is 3.73. The first kappa shape index (κ1) is 11.1. The maximum absolute atomic E-state index is 11.9. The van der Waals surface area contributed by atoms with Gasteiger partial charge in [-0.1, -0.05) is 18.2 Å². The molecule has 92 valence electrons. The van der Waals surface area contributed by atoms with E-state index >= 15 is 0 Å². The summed E-state index contributed by atoms with van der Waals surface area (Å²) < 4.78 is 0. The smallest absolute Gasteiger partial charge is 0.166 e. The minimum atomic E-state index is -0.0617. The van der Waals surface area contributed by atoms with Gasteiger partial charge in [0.2, 0.25) is 0 Å². The van der Waals surface area contributed by atoms with Crippen LogP contribution in [0.15, 0.2) is 18.2 Å². The normalized spacial score (nSPS) is 14.8. The van der Waals surface area contributed by atoms with E-state index in [1.807, 2.05) is 18.2 Å². The third-order valence-electron chi connectivity index (χ3n) is 3.67. The van der Waals surface area contributed by atoms with Gasteiger partial charge in [-0.3, -0.25) is 4.79 Å². The Labute approximate surface area is 105 Å². The van der Waals surface area contributed by atoms with Crippen molar-refractivity contribution in [1.82, 2.24) is 0 Å². The topological polar surface area (TPSA) is 57.5 Å². The van der Waals surface area contributed by atoms with Crippen LogP contribution in [0.1, 0.15) is 34.3 Å². The van der Waals surface area contributed by atoms with Crippen molar-refractivity contribution in [2.75, 3.05) is 0 Å². The molecule has 0 saturated heterocycles. The van der Waals surface area contributed by atoms with Crippen LogP contribution in [0.25, 0.3) is 10.8 Å². The van der Waals surface area contributed by atoms with Crippen molar-refractivity contribution in [3.05, 3.63) is 34.9 Å². The van der Waals surface area contributed by atoms with Crippen molar-refractivity contribution in [1.29, 1.82) is 0 Å². The number of phenolic OH excluding ortho intramolecular Hbond substituents is 2. The molecule has 0 aliphatic heterocycles. The predicted molar refractivity (Wildman–Crippen MR) is 69.3 cm³/mol. The van der Waals surface area contributed by atoms with E-state index in [0.717, 1.165) is 23.8 Å². The number of Topliss-reactive ketones (excluding diaryl/α,β-unsaturated/α-hetero) is 1. The standard InChI is InChI=1S/C15H14O3/c1-8-5-6-10-7-9-3-2-4-11(16)12(9)15(18)13(10)14(8)17/h5-7,17-18H,2-4H2,1H3. The van der Waals surface area contributed by atoms with Gasteiger partial charge < -0.3 is 10.2 Å². The van der Waals surface area contributed by atoms with Crippen LogP contribution >= 0.6 is 0 Å². The fourth-order valence-electron chi connectivity index (χ4n) is 2.69. The van der Waals surface area contributed by atoms with Gasteiger partial charge in [0.15, 0.2) is 5.78 Å². The van der Waals surface area contributed by atoms with Crippen LogP contribution in [0, 0.1) is 6.92 Å². The molecule has 3 heteroatoms. The van der Waals surface area contributed by atoms with E-state index in [1.165, 1.54) is 0 Å². The molecule has 0 unspecified atom stereocenters. The fourth-order valence-corrected chi connectivity index (χ4v) is 2.69. The second-order valence-corrected chi connectivity index (χ2v) is 4.87. The molecule has 3 nitrogen and oxygen atoms in total. The zero-order chi connectivity index (χ0) is 12.9. The molecule has 18 heavy (non-hydrogen) atoms. The van der Waals surface area contributed by atoms with Gasteiger partial charge in [-0.2, -0.15) is 0 Å². The molecule has 0 amide bonds. The number of benzene rings is 2. The molecule has 2 aromatic carbocycles. The summed E-state index contributed by atoms with van der Waals surface area (Å²) in [5.41, 5.74) is 1.98. The van der Waals surface area contributed by atoms with Crippen molar-refractivity contribution >= 4 is 16.6 Å². The molecule has 0 heterocycles. The lowest BCUT2D eigenvalue weighted by Crippen LogP contribution is -2.11. The third kappa shape index (κ3) is 1.40. The maximum Gasteiger partial charge on any atom is 0.166 e. The van der Waals surface area contributed by atoms with E-state index in [2.05, 4.69) is 0 Å². The van der Waals surface area contributed by atoms with Crippen molar-refractivity contribution in [3.8, 4) is 11.5 Å². The van der Waals surface area contributed by atoms with Crippen LogP contribution in [0.4, 0.5) is 0 Å². The highest BCUT2D eigenvalue weighted by molar-refractivity contribution is 6.08. The molecule has 0 aromatic heterocycles. The quantitative estimate of drug-likeness (QED) is 0.746. The van der Waals surface area contributed by atoms with Gasteiger partial charge in [0, 0.05) is 6.42 Å². The summed E-state index contributed by atoms with van der Waals surface area (Å²) in [5.74, 6) is -0.0314. The van der Waals surface area contributed by atoms with Crippen LogP contribution in [-0.4, -0.2) is 16.0 Å². The number of ketones is 1. The van der Waals surface area contributed by atoms with Gasteiger partial charge in [-0.05, 0) is 36.3 Å². The predicted octanol–water partition coefficient (Wildman–Crippen LogP) is 3.08. The van der Waals surface area contributed by atoms with Crippen LogP contribution < -0.4 is 0 Å². The zero-order valence-corrected chi connectivity index (χ0v) is 10.2. The van der Waals surface area contributed by atoms with Gasteiger partial charge in [0.1, 0.15) is 11.5 Å². The Morgan fingerprint density at radius 3 is 2.67 bits per heavy atom. The lowest BCUT2D eigenvalue weighted by molar-refractivity contribution is 0.0970. The number of hydrogen-bond acceptors (Lipinski definition) is 3. The molecule has 3 rings (SSSR count). The Bertz CT molecular complexity index is 671. The van der Waals surface area contributed by atoms with Crippen molar-refractivity contribution in [2.45, 2.75) is 26.2 Å². The van der Waals surface area contributed by atoms with Crippen molar-refractivity contribution in [2.24, 2.45) is 0 Å². The highest BCUT2D eigenvalue weighted by Crippen LogP contribution is 2.41. The molecular weight excluding hydrogens is 228 g/mol. The van der Waals surface area contributed by atoms with E-state index in [1.54, 1.807) is 6.92 Å². The minimum absolute atomic E-state index is 0.0310. The lowest BCUT2D eigenvalue weighted by atomic mass is 9.87. The Hall–Kier alpha value is -2.03. The number of aryl methyl sites for hydroxylation is 2. The Morgan fingerprint density at radius 2 is 1.89 bits per heavy atom. The molecule has 0 fully saturated rings. The van der Waals surface area contributed by atoms with E-state index in [-0.39, 0.29) is 17.3 Å². The van der Waals surface area contributed by atoms with Gasteiger partial charge in [-0.15, -0.1) is 0 Å². The molecule has 0 spiro atoms. The van der Waals surface area contributed by atoms with Gasteiger partial charge in [0.05, 0.1) is 10.9 Å². The van der Waals surface area contributed by atoms with Crippen LogP contribution in [0.5, 0.6) is 11.5 Å². The van der Waals surface area contributed by atoms with E-state index in [9.17, 15) is 15.0 Å². The maximum atomic E-state index is 11.9. The minimum Gasteiger partial charge on any atom is -0.507 e. The van der Waals surface area contributed by atoms with Crippen LogP contribution in [0.2, 0.25) is 0 Å². The first-order valence-corrected chi connectivity index (χ1v) is 6.10. The SMILES string of the molecule is Cc1ccc2cc3c(c(O)c2c1O)C(=O)CCC3. The summed E-state index contributed by atoms with van der Waals surface area (Å²) in [6, 6.07) is 5.58. The molecular formula is C15H14O3. The van der Waals surface area contributed by atoms with E-state index < -0.39 is 0 Å². The second-order valence-electron chi connectivity index (χ2n) is 4.87. The van der Waals surface area contributed by atoms with E-state index in [4.69, 9.17) is 0 Å². The molecule has 0 saturated carbocycles. The fraction of sp³-hybridized carbons (Fsp3) is 0.267. The molecule has 1 aliphatic rings. The molecule has 0 bridgehead atoms. The number of phenols is 2. The number of rotatable bonds is 0. The molecule has 2 N–H and O–H groups in total. The number of aromatic hydroxyl groups is 2. The number of carbonyl (C=O) groups excluding carboxylic acids is 1. The molecule has 0 radical (unpaired) electrons. The highest BCUT2D eigenvalue weighted by Gasteiger charge is 2.24. The van der Waals surface area contributed by atoms with Crippen molar-refractivity contribution < 1.29 is 15.0 Å². The lowest BCUT2D eigenvalue weighted by Gasteiger charge is -2.18. The Morgan fingerprint density at radius 1 is 1.11 bits per heavy atom. The largest absolute Gasteiger partial charge is 0.507 e. The van der Waals surface area contributed by atoms with Crippen LogP contribution in [-0.2, 0) is 6.42 Å². The first-order chi connectivity index (χ1) is 8.59. The third-order valence-corrected chi connectivity index (χ3v) is 3.67. The molecule has 1 aliphatic carbocycles. The average Bonchev–Trinajstić information content (AvgIpc) is 2.34. The Kier molecular flexibility index (Phi) is 2.30. The molecule has 2 aromatic rings. The number of fused-ring (bicyclic) bond motifs is 2. The summed E-state index contributed by atoms with van der Waals surface area (Å²) in [4.78, 5) is 11.9. The summed E-state index contributed by atoms with van der Waals surface area (Å²) in [6.45, 7) is 1.77. The number of hydrogen-bond donors (Lipinski definition) is 2. The number of carbonyl (C=O) groups is 1. The highest BCUT2D eigenvalue weighted by atomic mass is 16.3. The van der Waals surface area contributed by atoms with E-state index in [0.29, 0.717) is 22.9 Å². The van der Waals surface area contributed by atoms with Gasteiger partial charge >= 0.3 is 0 Å². The molecule has 0 atom stereocenters. The first-order valence-electron chi connectivity index (χ1n) is 6.10. The zero-order valence-electron chi connectivity index (χ0n) is 10.2. The summed E-state index contributed by atoms with van der Waals surface area (Å²) >= 11 is 0. The monoisotopic (exact) mass is 242 g/mol. The average molecular weight is 242 g/mol. The Balaban J connectivity index is 2.45. The van der Waals surface area contributed by atoms with Gasteiger partial charge in [0.25, 0.3) is 0 Å². The van der Waals surface area contributed by atoms with Gasteiger partial charge in [-0.25, -0.2) is 0 Å². The summed E-state index contributed by atoms with van der Waals surface area (Å²) in [5, 5.41) is 21.5.